The van der Waals surface area contributed by atoms with E-state index in [2.05, 4.69) is 35.5 Å². The van der Waals surface area contributed by atoms with E-state index in [1.807, 2.05) is 45.0 Å². The lowest BCUT2D eigenvalue weighted by atomic mass is 10.1. The van der Waals surface area contributed by atoms with Crippen LogP contribution in [-0.2, 0) is 11.3 Å². The number of hydrogen-bond acceptors (Lipinski definition) is 4. The first-order valence-electron chi connectivity index (χ1n) is 9.80. The number of nitrogens with zero attached hydrogens (tertiary/aromatic N) is 3. The average molecular weight is 439 g/mol. The molecule has 4 aromatic rings. The van der Waals surface area contributed by atoms with Crippen LogP contribution in [0, 0.1) is 26.7 Å². The Bertz CT molecular complexity index is 1230. The van der Waals surface area contributed by atoms with Gasteiger partial charge in [0.2, 0.25) is 5.91 Å². The van der Waals surface area contributed by atoms with Gasteiger partial charge < -0.3 is 5.32 Å². The van der Waals surface area contributed by atoms with Gasteiger partial charge in [-0.2, -0.15) is 5.10 Å². The summed E-state index contributed by atoms with van der Waals surface area (Å²) in [6, 6.07) is 14.1. The number of thiazole rings is 1. The summed E-state index contributed by atoms with van der Waals surface area (Å²) >= 11 is 7.88. The molecule has 0 radical (unpaired) electrons. The first-order chi connectivity index (χ1) is 14.3. The first-order valence-corrected chi connectivity index (χ1v) is 11.0. The van der Waals surface area contributed by atoms with Crippen molar-refractivity contribution in [3.05, 3.63) is 64.4 Å². The van der Waals surface area contributed by atoms with E-state index in [4.69, 9.17) is 16.6 Å². The predicted molar refractivity (Wildman–Crippen MR) is 124 cm³/mol. The van der Waals surface area contributed by atoms with Crippen LogP contribution < -0.4 is 5.32 Å². The van der Waals surface area contributed by atoms with E-state index in [0.717, 1.165) is 33.2 Å². The molecule has 2 heterocycles. The molecule has 7 heteroatoms. The van der Waals surface area contributed by atoms with Crippen molar-refractivity contribution in [1.82, 2.24) is 14.8 Å². The van der Waals surface area contributed by atoms with Crippen molar-refractivity contribution in [3.8, 4) is 10.6 Å². The Labute approximate surface area is 184 Å². The number of carbonyl (C=O) groups excluding carboxylic acids is 1. The molecular formula is C23H23ClN4OS. The fourth-order valence-corrected chi connectivity index (χ4v) is 4.52. The van der Waals surface area contributed by atoms with Crippen LogP contribution in [0.3, 0.4) is 0 Å². The van der Waals surface area contributed by atoms with Gasteiger partial charge in [-0.15, -0.1) is 11.3 Å². The maximum Gasteiger partial charge on any atom is 0.229 e. The largest absolute Gasteiger partial charge is 0.326 e. The van der Waals surface area contributed by atoms with Crippen molar-refractivity contribution >= 4 is 44.7 Å². The zero-order valence-electron chi connectivity index (χ0n) is 17.4. The molecule has 0 aliphatic rings. The summed E-state index contributed by atoms with van der Waals surface area (Å²) in [6.45, 7) is 8.23. The third-order valence-electron chi connectivity index (χ3n) is 5.13. The van der Waals surface area contributed by atoms with Crippen molar-refractivity contribution in [2.75, 3.05) is 5.32 Å². The molecule has 4 rings (SSSR count). The highest BCUT2D eigenvalue weighted by atomic mass is 35.5. The Morgan fingerprint density at radius 2 is 1.90 bits per heavy atom. The molecule has 1 atom stereocenters. The molecule has 1 N–H and O–H groups in total. The van der Waals surface area contributed by atoms with Crippen molar-refractivity contribution < 1.29 is 4.79 Å². The van der Waals surface area contributed by atoms with Crippen molar-refractivity contribution in [2.45, 2.75) is 34.2 Å². The maximum atomic E-state index is 12.6. The smallest absolute Gasteiger partial charge is 0.229 e. The Morgan fingerprint density at radius 1 is 1.17 bits per heavy atom. The van der Waals surface area contributed by atoms with Crippen LogP contribution >= 0.6 is 22.9 Å². The molecule has 0 aliphatic heterocycles. The first kappa shape index (κ1) is 20.6. The minimum atomic E-state index is -0.244. The van der Waals surface area contributed by atoms with Crippen molar-refractivity contribution in [3.63, 3.8) is 0 Å². The van der Waals surface area contributed by atoms with E-state index >= 15 is 0 Å². The van der Waals surface area contributed by atoms with Crippen LogP contribution in [0.1, 0.15) is 23.9 Å². The van der Waals surface area contributed by atoms with Gasteiger partial charge in [0.05, 0.1) is 39.1 Å². The van der Waals surface area contributed by atoms with Crippen molar-refractivity contribution in [2.24, 2.45) is 5.92 Å². The summed E-state index contributed by atoms with van der Waals surface area (Å²) in [6.07, 6.45) is 0. The summed E-state index contributed by atoms with van der Waals surface area (Å²) in [5, 5.41) is 9.02. The molecule has 1 amide bonds. The molecule has 30 heavy (non-hydrogen) atoms. The number of anilines is 1. The lowest BCUT2D eigenvalue weighted by Gasteiger charge is -2.13. The minimum Gasteiger partial charge on any atom is -0.326 e. The lowest BCUT2D eigenvalue weighted by Crippen LogP contribution is -2.25. The van der Waals surface area contributed by atoms with Gasteiger partial charge in [0.1, 0.15) is 5.01 Å². The van der Waals surface area contributed by atoms with Crippen LogP contribution in [-0.4, -0.2) is 20.7 Å². The maximum absolute atomic E-state index is 12.6. The summed E-state index contributed by atoms with van der Waals surface area (Å²) in [4.78, 5) is 17.3. The Kier molecular flexibility index (Phi) is 5.62. The third kappa shape index (κ3) is 4.11. The number of benzene rings is 2. The second kappa shape index (κ2) is 8.20. The average Bonchev–Trinajstić information content (AvgIpc) is 3.24. The van der Waals surface area contributed by atoms with E-state index in [-0.39, 0.29) is 11.8 Å². The number of carbonyl (C=O) groups is 1. The quantitative estimate of drug-likeness (QED) is 0.414. The summed E-state index contributed by atoms with van der Waals surface area (Å²) in [5.41, 5.74) is 5.70. The van der Waals surface area contributed by atoms with E-state index < -0.39 is 0 Å². The third-order valence-corrected chi connectivity index (χ3v) is 6.75. The fraction of sp³-hybridized carbons (Fsp3) is 0.261. The molecular weight excluding hydrogens is 416 g/mol. The van der Waals surface area contributed by atoms with Crippen molar-refractivity contribution in [1.29, 1.82) is 0 Å². The zero-order chi connectivity index (χ0) is 21.4. The molecule has 0 saturated carbocycles. The molecule has 5 nitrogen and oxygen atoms in total. The second-order valence-corrected chi connectivity index (χ2v) is 9.03. The Hall–Kier alpha value is -2.70. The molecule has 0 fully saturated rings. The number of aryl methyl sites for hydroxylation is 2. The van der Waals surface area contributed by atoms with Crippen LogP contribution in [0.15, 0.2) is 42.5 Å². The highest BCUT2D eigenvalue weighted by Gasteiger charge is 2.17. The summed E-state index contributed by atoms with van der Waals surface area (Å²) in [5.74, 6) is -0.298. The standard InChI is InChI=1S/C23H23ClN4OS/c1-13-5-10-19-20(11-13)30-23(26-19)17-6-8-18(9-7-17)25-22(29)14(2)12-28-16(4)21(24)15(3)27-28/h5-11,14H,12H2,1-4H3,(H,25,29). The number of hydrogen-bond donors (Lipinski definition) is 1. The van der Waals surface area contributed by atoms with Gasteiger partial charge >= 0.3 is 0 Å². The SMILES string of the molecule is Cc1ccc2nc(-c3ccc(NC(=O)C(C)Cn4nc(C)c(Cl)c4C)cc3)sc2c1. The van der Waals surface area contributed by atoms with E-state index in [1.165, 1.54) is 10.3 Å². The van der Waals surface area contributed by atoms with Crippen LogP contribution in [0.5, 0.6) is 0 Å². The number of halogens is 1. The fourth-order valence-electron chi connectivity index (χ4n) is 3.31. The number of aromatic nitrogens is 3. The number of rotatable bonds is 5. The molecule has 0 bridgehead atoms. The topological polar surface area (TPSA) is 59.8 Å². The lowest BCUT2D eigenvalue weighted by molar-refractivity contribution is -0.119. The highest BCUT2D eigenvalue weighted by Crippen LogP contribution is 2.31. The molecule has 0 spiro atoms. The van der Waals surface area contributed by atoms with Crippen LogP contribution in [0.2, 0.25) is 5.02 Å². The predicted octanol–water partition coefficient (Wildman–Crippen LogP) is 6.01. The molecule has 0 saturated heterocycles. The number of amides is 1. The van der Waals surface area contributed by atoms with E-state index in [9.17, 15) is 4.79 Å². The van der Waals surface area contributed by atoms with Gasteiger partial charge in [-0.1, -0.05) is 24.6 Å². The number of nitrogens with one attached hydrogen (secondary N) is 1. The second-order valence-electron chi connectivity index (χ2n) is 7.62. The van der Waals surface area contributed by atoms with E-state index in [0.29, 0.717) is 11.6 Å². The zero-order valence-corrected chi connectivity index (χ0v) is 18.9. The Morgan fingerprint density at radius 3 is 2.57 bits per heavy atom. The molecule has 2 aromatic carbocycles. The Balaban J connectivity index is 1.44. The molecule has 2 aromatic heterocycles. The van der Waals surface area contributed by atoms with Gasteiger partial charge in [0.25, 0.3) is 0 Å². The van der Waals surface area contributed by atoms with Crippen LogP contribution in [0.4, 0.5) is 5.69 Å². The molecule has 154 valence electrons. The molecule has 1 unspecified atom stereocenters. The summed E-state index contributed by atoms with van der Waals surface area (Å²) < 4.78 is 2.97. The number of fused-ring (bicyclic) bond motifs is 1. The van der Waals surface area contributed by atoms with Gasteiger partial charge in [0, 0.05) is 11.3 Å². The summed E-state index contributed by atoms with van der Waals surface area (Å²) in [7, 11) is 0. The normalized spacial score (nSPS) is 12.3. The highest BCUT2D eigenvalue weighted by molar-refractivity contribution is 7.21. The monoisotopic (exact) mass is 438 g/mol. The van der Waals surface area contributed by atoms with E-state index in [1.54, 1.807) is 16.0 Å². The van der Waals surface area contributed by atoms with Crippen LogP contribution in [0.25, 0.3) is 20.8 Å². The van der Waals surface area contributed by atoms with Gasteiger partial charge in [-0.25, -0.2) is 4.98 Å². The van der Waals surface area contributed by atoms with Gasteiger partial charge in [-0.3, -0.25) is 9.48 Å². The molecule has 0 aliphatic carbocycles. The van der Waals surface area contributed by atoms with Gasteiger partial charge in [-0.05, 0) is 62.7 Å². The minimum absolute atomic E-state index is 0.0538. The van der Waals surface area contributed by atoms with Gasteiger partial charge in [0.15, 0.2) is 0 Å².